The molecular weight excluding hydrogens is 288 g/mol. The van der Waals surface area contributed by atoms with Crippen molar-refractivity contribution >= 4 is 5.91 Å². The Balaban J connectivity index is 1.64. The molecule has 0 aromatic heterocycles. The SMILES string of the molecule is NCc1ccc(C(=O)N2CCCC2COc2ccccc2)cc1. The number of benzene rings is 2. The van der Waals surface area contributed by atoms with Crippen LogP contribution in [0.3, 0.4) is 0 Å². The van der Waals surface area contributed by atoms with Crippen molar-refractivity contribution in [1.29, 1.82) is 0 Å². The van der Waals surface area contributed by atoms with Gasteiger partial charge in [-0.1, -0.05) is 30.3 Å². The molecule has 23 heavy (non-hydrogen) atoms. The molecule has 3 rings (SSSR count). The first-order chi connectivity index (χ1) is 11.3. The summed E-state index contributed by atoms with van der Waals surface area (Å²) in [5.74, 6) is 0.923. The molecule has 2 aromatic rings. The summed E-state index contributed by atoms with van der Waals surface area (Å²) in [5, 5.41) is 0. The normalized spacial score (nSPS) is 17.3. The van der Waals surface area contributed by atoms with Crippen LogP contribution < -0.4 is 10.5 Å². The Morgan fingerprint density at radius 2 is 1.87 bits per heavy atom. The average Bonchev–Trinajstić information content (AvgIpc) is 3.09. The molecule has 2 aromatic carbocycles. The molecule has 0 radical (unpaired) electrons. The topological polar surface area (TPSA) is 55.6 Å². The van der Waals surface area contributed by atoms with E-state index in [-0.39, 0.29) is 11.9 Å². The fraction of sp³-hybridized carbons (Fsp3) is 0.316. The lowest BCUT2D eigenvalue weighted by molar-refractivity contribution is 0.0691. The minimum absolute atomic E-state index is 0.0766. The van der Waals surface area contributed by atoms with Crippen molar-refractivity contribution in [3.05, 3.63) is 65.7 Å². The number of hydrogen-bond donors (Lipinski definition) is 1. The van der Waals surface area contributed by atoms with Gasteiger partial charge in [0.1, 0.15) is 12.4 Å². The van der Waals surface area contributed by atoms with Crippen LogP contribution in [0.4, 0.5) is 0 Å². The lowest BCUT2D eigenvalue weighted by Crippen LogP contribution is -2.39. The van der Waals surface area contributed by atoms with Crippen LogP contribution in [0.2, 0.25) is 0 Å². The summed E-state index contributed by atoms with van der Waals surface area (Å²) >= 11 is 0. The van der Waals surface area contributed by atoms with Crippen LogP contribution in [0, 0.1) is 0 Å². The first-order valence-electron chi connectivity index (χ1n) is 8.06. The number of likely N-dealkylation sites (tertiary alicyclic amines) is 1. The van der Waals surface area contributed by atoms with E-state index >= 15 is 0 Å². The summed E-state index contributed by atoms with van der Waals surface area (Å²) in [4.78, 5) is 14.6. The molecule has 2 N–H and O–H groups in total. The summed E-state index contributed by atoms with van der Waals surface area (Å²) in [5.41, 5.74) is 7.35. The van der Waals surface area contributed by atoms with Crippen molar-refractivity contribution in [2.75, 3.05) is 13.2 Å². The number of para-hydroxylation sites is 1. The highest BCUT2D eigenvalue weighted by molar-refractivity contribution is 5.94. The first-order valence-corrected chi connectivity index (χ1v) is 8.06. The number of ether oxygens (including phenoxy) is 1. The molecule has 4 nitrogen and oxygen atoms in total. The monoisotopic (exact) mass is 310 g/mol. The van der Waals surface area contributed by atoms with Crippen LogP contribution in [0.1, 0.15) is 28.8 Å². The first kappa shape index (κ1) is 15.6. The molecule has 1 amide bonds. The predicted molar refractivity (Wildman–Crippen MR) is 90.3 cm³/mol. The molecule has 1 saturated heterocycles. The van der Waals surface area contributed by atoms with Crippen LogP contribution in [0.15, 0.2) is 54.6 Å². The Morgan fingerprint density at radius 3 is 2.57 bits per heavy atom. The maximum Gasteiger partial charge on any atom is 0.254 e. The van der Waals surface area contributed by atoms with Crippen molar-refractivity contribution in [3.63, 3.8) is 0 Å². The van der Waals surface area contributed by atoms with Gasteiger partial charge in [-0.25, -0.2) is 0 Å². The van der Waals surface area contributed by atoms with E-state index in [1.807, 2.05) is 59.5 Å². The van der Waals surface area contributed by atoms with Gasteiger partial charge in [-0.15, -0.1) is 0 Å². The lowest BCUT2D eigenvalue weighted by Gasteiger charge is -2.25. The number of hydrogen-bond acceptors (Lipinski definition) is 3. The van der Waals surface area contributed by atoms with Gasteiger partial charge in [0.15, 0.2) is 0 Å². The molecule has 1 heterocycles. The van der Waals surface area contributed by atoms with E-state index in [4.69, 9.17) is 10.5 Å². The zero-order valence-electron chi connectivity index (χ0n) is 13.2. The van der Waals surface area contributed by atoms with Crippen molar-refractivity contribution in [2.45, 2.75) is 25.4 Å². The Hall–Kier alpha value is -2.33. The van der Waals surface area contributed by atoms with E-state index in [0.717, 1.165) is 30.7 Å². The maximum absolute atomic E-state index is 12.7. The molecular formula is C19H22N2O2. The maximum atomic E-state index is 12.7. The number of carbonyl (C=O) groups is 1. The Bertz CT molecular complexity index is 640. The number of carbonyl (C=O) groups excluding carboxylic acids is 1. The highest BCUT2D eigenvalue weighted by Crippen LogP contribution is 2.21. The Morgan fingerprint density at radius 1 is 1.13 bits per heavy atom. The van der Waals surface area contributed by atoms with E-state index in [1.165, 1.54) is 0 Å². The number of amides is 1. The lowest BCUT2D eigenvalue weighted by atomic mass is 10.1. The van der Waals surface area contributed by atoms with Crippen molar-refractivity contribution < 1.29 is 9.53 Å². The van der Waals surface area contributed by atoms with E-state index in [2.05, 4.69) is 0 Å². The molecule has 0 bridgehead atoms. The zero-order chi connectivity index (χ0) is 16.1. The summed E-state index contributed by atoms with van der Waals surface area (Å²) in [7, 11) is 0. The Kier molecular flexibility index (Phi) is 4.93. The quantitative estimate of drug-likeness (QED) is 0.924. The zero-order valence-corrected chi connectivity index (χ0v) is 13.2. The number of nitrogens with two attached hydrogens (primary N) is 1. The second-order valence-corrected chi connectivity index (χ2v) is 5.82. The van der Waals surface area contributed by atoms with Gasteiger partial charge in [-0.3, -0.25) is 4.79 Å². The van der Waals surface area contributed by atoms with Crippen molar-refractivity contribution in [2.24, 2.45) is 5.73 Å². The van der Waals surface area contributed by atoms with Crippen LogP contribution >= 0.6 is 0 Å². The van der Waals surface area contributed by atoms with Gasteiger partial charge in [0.05, 0.1) is 6.04 Å². The molecule has 1 fully saturated rings. The standard InChI is InChI=1S/C19H22N2O2/c20-13-15-8-10-16(11-9-15)19(22)21-12-4-5-17(21)14-23-18-6-2-1-3-7-18/h1-3,6-11,17H,4-5,12-14,20H2. The van der Waals surface area contributed by atoms with Gasteiger partial charge in [-0.05, 0) is 42.7 Å². The summed E-state index contributed by atoms with van der Waals surface area (Å²) in [6.07, 6.45) is 2.01. The van der Waals surface area contributed by atoms with Gasteiger partial charge >= 0.3 is 0 Å². The third kappa shape index (κ3) is 3.71. The molecule has 4 heteroatoms. The van der Waals surface area contributed by atoms with E-state index in [0.29, 0.717) is 18.7 Å². The van der Waals surface area contributed by atoms with Crippen molar-refractivity contribution in [3.8, 4) is 5.75 Å². The fourth-order valence-electron chi connectivity index (χ4n) is 2.93. The molecule has 0 aliphatic carbocycles. The predicted octanol–water partition coefficient (Wildman–Crippen LogP) is 2.83. The smallest absolute Gasteiger partial charge is 0.254 e. The van der Waals surface area contributed by atoms with E-state index < -0.39 is 0 Å². The van der Waals surface area contributed by atoms with Crippen LogP contribution in [-0.4, -0.2) is 30.0 Å². The third-order valence-electron chi connectivity index (χ3n) is 4.26. The summed E-state index contributed by atoms with van der Waals surface area (Å²) < 4.78 is 5.83. The van der Waals surface area contributed by atoms with Crippen LogP contribution in [0.5, 0.6) is 5.75 Å². The van der Waals surface area contributed by atoms with Crippen LogP contribution in [-0.2, 0) is 6.54 Å². The van der Waals surface area contributed by atoms with Gasteiger partial charge < -0.3 is 15.4 Å². The molecule has 1 atom stereocenters. The van der Waals surface area contributed by atoms with Gasteiger partial charge in [0.25, 0.3) is 5.91 Å². The molecule has 0 saturated carbocycles. The average molecular weight is 310 g/mol. The van der Waals surface area contributed by atoms with Gasteiger partial charge in [0.2, 0.25) is 0 Å². The van der Waals surface area contributed by atoms with E-state index in [1.54, 1.807) is 0 Å². The highest BCUT2D eigenvalue weighted by Gasteiger charge is 2.29. The third-order valence-corrected chi connectivity index (χ3v) is 4.26. The van der Waals surface area contributed by atoms with Gasteiger partial charge in [-0.2, -0.15) is 0 Å². The highest BCUT2D eigenvalue weighted by atomic mass is 16.5. The summed E-state index contributed by atoms with van der Waals surface area (Å²) in [6, 6.07) is 17.4. The molecule has 1 aliphatic rings. The van der Waals surface area contributed by atoms with Gasteiger partial charge in [0, 0.05) is 18.7 Å². The van der Waals surface area contributed by atoms with Crippen molar-refractivity contribution in [1.82, 2.24) is 4.90 Å². The molecule has 1 aliphatic heterocycles. The minimum Gasteiger partial charge on any atom is -0.491 e. The number of rotatable bonds is 5. The number of nitrogens with zero attached hydrogens (tertiary/aromatic N) is 1. The second kappa shape index (κ2) is 7.29. The molecule has 0 spiro atoms. The van der Waals surface area contributed by atoms with Crippen LogP contribution in [0.25, 0.3) is 0 Å². The van der Waals surface area contributed by atoms with E-state index in [9.17, 15) is 4.79 Å². The molecule has 1 unspecified atom stereocenters. The summed E-state index contributed by atoms with van der Waals surface area (Å²) in [6.45, 7) is 1.82. The fourth-order valence-corrected chi connectivity index (χ4v) is 2.93. The second-order valence-electron chi connectivity index (χ2n) is 5.82. The molecule has 120 valence electrons. The Labute approximate surface area is 136 Å². The minimum atomic E-state index is 0.0766. The largest absolute Gasteiger partial charge is 0.491 e.